The second-order valence-electron chi connectivity index (χ2n) is 4.11. The molecule has 7 heteroatoms. The van der Waals surface area contributed by atoms with E-state index >= 15 is 0 Å². The summed E-state index contributed by atoms with van der Waals surface area (Å²) in [5.41, 5.74) is -0.521. The van der Waals surface area contributed by atoms with Crippen LogP contribution in [0.1, 0.15) is 6.42 Å². The lowest BCUT2D eigenvalue weighted by Crippen LogP contribution is -2.32. The monoisotopic (exact) mass is 272 g/mol. The topological polar surface area (TPSA) is 108 Å². The first-order chi connectivity index (χ1) is 9.63. The number of nitrogens with one attached hydrogen (secondary N) is 2. The Labute approximate surface area is 113 Å². The molecule has 0 aliphatic heterocycles. The van der Waals surface area contributed by atoms with Gasteiger partial charge in [-0.3, -0.25) is 19.1 Å². The van der Waals surface area contributed by atoms with Gasteiger partial charge >= 0.3 is 5.69 Å². The number of amides is 1. The molecule has 2 rings (SSSR count). The molecule has 0 aliphatic carbocycles. The van der Waals surface area contributed by atoms with Gasteiger partial charge in [-0.15, -0.1) is 0 Å². The van der Waals surface area contributed by atoms with E-state index in [0.29, 0.717) is 10.9 Å². The molecule has 20 heavy (non-hydrogen) atoms. The first kappa shape index (κ1) is 13.5. The van der Waals surface area contributed by atoms with E-state index in [1.165, 1.54) is 4.57 Å². The number of aromatic nitrogens is 2. The van der Waals surface area contributed by atoms with Crippen LogP contribution in [0.4, 0.5) is 0 Å². The van der Waals surface area contributed by atoms with Crippen molar-refractivity contribution in [3.05, 3.63) is 45.1 Å². The first-order valence-electron chi connectivity index (χ1n) is 5.99. The zero-order valence-electron chi connectivity index (χ0n) is 10.5. The molecule has 0 saturated heterocycles. The number of carbonyl (C=O) groups is 1. The van der Waals surface area contributed by atoms with E-state index in [4.69, 9.17) is 5.26 Å². The average molecular weight is 272 g/mol. The number of nitrogens with zero attached hydrogens (tertiary/aromatic N) is 2. The number of hydrogen-bond donors (Lipinski definition) is 2. The van der Waals surface area contributed by atoms with Crippen LogP contribution in [-0.2, 0) is 11.3 Å². The van der Waals surface area contributed by atoms with E-state index in [-0.39, 0.29) is 25.4 Å². The molecule has 2 N–H and O–H groups in total. The predicted molar refractivity (Wildman–Crippen MR) is 72.1 cm³/mol. The molecule has 0 fully saturated rings. The van der Waals surface area contributed by atoms with Crippen LogP contribution >= 0.6 is 0 Å². The molecular weight excluding hydrogens is 260 g/mol. The summed E-state index contributed by atoms with van der Waals surface area (Å²) in [5.74, 6) is -0.325. The van der Waals surface area contributed by atoms with Crippen molar-refractivity contribution in [1.29, 1.82) is 5.26 Å². The van der Waals surface area contributed by atoms with Crippen molar-refractivity contribution in [1.82, 2.24) is 14.9 Å². The summed E-state index contributed by atoms with van der Waals surface area (Å²) >= 11 is 0. The van der Waals surface area contributed by atoms with Crippen LogP contribution < -0.4 is 16.6 Å². The Morgan fingerprint density at radius 1 is 1.35 bits per heavy atom. The largest absolute Gasteiger partial charge is 0.343 e. The third-order valence-corrected chi connectivity index (χ3v) is 2.83. The standard InChI is InChI=1S/C13H12N4O3/c14-6-7-15-11(18)5-8-17-10-4-2-1-3-9(10)12(19)16-13(17)20/h1-4H,5,7-8H2,(H,15,18)(H,16,19,20). The normalized spacial score (nSPS) is 10.2. The summed E-state index contributed by atoms with van der Waals surface area (Å²) in [4.78, 5) is 37.1. The van der Waals surface area contributed by atoms with Gasteiger partial charge in [-0.05, 0) is 12.1 Å². The van der Waals surface area contributed by atoms with E-state index in [1.54, 1.807) is 30.3 Å². The van der Waals surface area contributed by atoms with Gasteiger partial charge in [0.2, 0.25) is 5.91 Å². The molecule has 0 radical (unpaired) electrons. The Bertz CT molecular complexity index is 798. The third-order valence-electron chi connectivity index (χ3n) is 2.83. The van der Waals surface area contributed by atoms with Gasteiger partial charge in [0.25, 0.3) is 5.56 Å². The Morgan fingerprint density at radius 2 is 2.10 bits per heavy atom. The van der Waals surface area contributed by atoms with Gasteiger partial charge < -0.3 is 5.32 Å². The number of fused-ring (bicyclic) bond motifs is 1. The molecular formula is C13H12N4O3. The number of aryl methyl sites for hydroxylation is 1. The molecule has 1 aromatic carbocycles. The highest BCUT2D eigenvalue weighted by atomic mass is 16.2. The number of benzene rings is 1. The molecule has 2 aromatic rings. The fourth-order valence-electron chi connectivity index (χ4n) is 1.90. The molecule has 0 bridgehead atoms. The van der Waals surface area contributed by atoms with Crippen molar-refractivity contribution in [2.75, 3.05) is 6.54 Å². The van der Waals surface area contributed by atoms with Crippen molar-refractivity contribution >= 4 is 16.8 Å². The van der Waals surface area contributed by atoms with Crippen molar-refractivity contribution < 1.29 is 4.79 Å². The Hall–Kier alpha value is -2.88. The van der Waals surface area contributed by atoms with Crippen LogP contribution in [-0.4, -0.2) is 22.0 Å². The quantitative estimate of drug-likeness (QED) is 0.746. The highest BCUT2D eigenvalue weighted by molar-refractivity contribution is 5.78. The Balaban J connectivity index is 2.31. The summed E-state index contributed by atoms with van der Waals surface area (Å²) in [6.07, 6.45) is 0.0532. The lowest BCUT2D eigenvalue weighted by molar-refractivity contribution is -0.121. The van der Waals surface area contributed by atoms with Crippen molar-refractivity contribution in [2.45, 2.75) is 13.0 Å². The summed E-state index contributed by atoms with van der Waals surface area (Å²) in [5, 5.41) is 11.1. The van der Waals surface area contributed by atoms with Crippen LogP contribution in [0, 0.1) is 11.3 Å². The van der Waals surface area contributed by atoms with Crippen molar-refractivity contribution in [3.63, 3.8) is 0 Å². The molecule has 7 nitrogen and oxygen atoms in total. The van der Waals surface area contributed by atoms with E-state index < -0.39 is 11.2 Å². The second-order valence-corrected chi connectivity index (χ2v) is 4.11. The Kier molecular flexibility index (Phi) is 3.96. The maximum Gasteiger partial charge on any atom is 0.328 e. The maximum absolute atomic E-state index is 11.8. The van der Waals surface area contributed by atoms with Crippen LogP contribution in [0.15, 0.2) is 33.9 Å². The highest BCUT2D eigenvalue weighted by Crippen LogP contribution is 2.06. The number of para-hydroxylation sites is 1. The molecule has 1 heterocycles. The van der Waals surface area contributed by atoms with Crippen molar-refractivity contribution in [2.24, 2.45) is 0 Å². The number of aromatic amines is 1. The minimum Gasteiger partial charge on any atom is -0.343 e. The fraction of sp³-hybridized carbons (Fsp3) is 0.231. The van der Waals surface area contributed by atoms with Gasteiger partial charge in [0.05, 0.1) is 17.0 Å². The molecule has 0 atom stereocenters. The lowest BCUT2D eigenvalue weighted by Gasteiger charge is -2.08. The fourth-order valence-corrected chi connectivity index (χ4v) is 1.90. The average Bonchev–Trinajstić information content (AvgIpc) is 2.45. The molecule has 0 unspecified atom stereocenters. The maximum atomic E-state index is 11.8. The van der Waals surface area contributed by atoms with E-state index in [0.717, 1.165) is 0 Å². The van der Waals surface area contributed by atoms with E-state index in [1.807, 2.05) is 0 Å². The SMILES string of the molecule is N#CCNC(=O)CCn1c(=O)[nH]c(=O)c2ccccc21. The number of nitriles is 1. The van der Waals surface area contributed by atoms with Crippen LogP contribution in [0.3, 0.4) is 0 Å². The molecule has 1 aromatic heterocycles. The smallest absolute Gasteiger partial charge is 0.328 e. The molecule has 0 saturated carbocycles. The molecule has 0 spiro atoms. The summed E-state index contributed by atoms with van der Waals surface area (Å²) in [6, 6.07) is 8.48. The zero-order valence-corrected chi connectivity index (χ0v) is 10.5. The van der Waals surface area contributed by atoms with E-state index in [9.17, 15) is 14.4 Å². The third kappa shape index (κ3) is 2.75. The number of hydrogen-bond acceptors (Lipinski definition) is 4. The lowest BCUT2D eigenvalue weighted by atomic mass is 10.2. The zero-order chi connectivity index (χ0) is 14.5. The van der Waals surface area contributed by atoms with Gasteiger partial charge in [-0.25, -0.2) is 4.79 Å². The van der Waals surface area contributed by atoms with Gasteiger partial charge in [0.15, 0.2) is 0 Å². The summed E-state index contributed by atoms with van der Waals surface area (Å²) in [6.45, 7) is 0.0630. The molecule has 0 aliphatic rings. The predicted octanol–water partition coefficient (Wildman–Crippen LogP) is -0.280. The van der Waals surface area contributed by atoms with Crippen LogP contribution in [0.2, 0.25) is 0 Å². The van der Waals surface area contributed by atoms with Gasteiger partial charge in [-0.2, -0.15) is 5.26 Å². The van der Waals surface area contributed by atoms with Crippen LogP contribution in [0.25, 0.3) is 10.9 Å². The van der Waals surface area contributed by atoms with Gasteiger partial charge in [-0.1, -0.05) is 12.1 Å². The minimum absolute atomic E-state index is 0.0532. The summed E-state index contributed by atoms with van der Waals surface area (Å²) < 4.78 is 1.34. The van der Waals surface area contributed by atoms with Crippen molar-refractivity contribution in [3.8, 4) is 6.07 Å². The first-order valence-corrected chi connectivity index (χ1v) is 5.99. The second kappa shape index (κ2) is 5.84. The van der Waals surface area contributed by atoms with E-state index in [2.05, 4.69) is 10.3 Å². The highest BCUT2D eigenvalue weighted by Gasteiger charge is 2.08. The number of carbonyl (C=O) groups excluding carboxylic acids is 1. The number of rotatable bonds is 4. The van der Waals surface area contributed by atoms with Gasteiger partial charge in [0, 0.05) is 13.0 Å². The minimum atomic E-state index is -0.554. The number of H-pyrrole nitrogens is 1. The Morgan fingerprint density at radius 3 is 2.85 bits per heavy atom. The van der Waals surface area contributed by atoms with Crippen LogP contribution in [0.5, 0.6) is 0 Å². The molecule has 1 amide bonds. The molecule has 102 valence electrons. The summed E-state index contributed by atoms with van der Waals surface area (Å²) in [7, 11) is 0. The van der Waals surface area contributed by atoms with Gasteiger partial charge in [0.1, 0.15) is 6.54 Å².